The Morgan fingerprint density at radius 3 is 2.26 bits per heavy atom. The fraction of sp³-hybridized carbons (Fsp3) is 0.481. The number of thiol groups is 1. The van der Waals surface area contributed by atoms with Gasteiger partial charge in [0.15, 0.2) is 0 Å². The Morgan fingerprint density at radius 1 is 1.11 bits per heavy atom. The van der Waals surface area contributed by atoms with Crippen molar-refractivity contribution >= 4 is 24.8 Å². The van der Waals surface area contributed by atoms with Crippen molar-refractivity contribution in [3.8, 4) is 0 Å². The van der Waals surface area contributed by atoms with E-state index >= 15 is 0 Å². The van der Waals surface area contributed by atoms with E-state index in [1.807, 2.05) is 17.0 Å². The third-order valence-electron chi connectivity index (χ3n) is 7.61. The van der Waals surface area contributed by atoms with E-state index in [-0.39, 0.29) is 11.9 Å². The molecule has 2 fully saturated rings. The summed E-state index contributed by atoms with van der Waals surface area (Å²) in [7, 11) is 0. The molecule has 35 heavy (non-hydrogen) atoms. The van der Waals surface area contributed by atoms with Crippen molar-refractivity contribution in [1.29, 1.82) is 0 Å². The molecule has 2 aromatic rings. The number of alkyl halides is 3. The van der Waals surface area contributed by atoms with Crippen LogP contribution in [0.1, 0.15) is 84.6 Å². The average molecular weight is 505 g/mol. The first kappa shape index (κ1) is 25.8. The van der Waals surface area contributed by atoms with Gasteiger partial charge in [-0.15, -0.1) is 0 Å². The van der Waals surface area contributed by atoms with Crippen molar-refractivity contribution in [3.05, 3.63) is 70.8 Å². The second-order valence-electron chi connectivity index (χ2n) is 9.60. The molecule has 8 heteroatoms. The highest BCUT2D eigenvalue weighted by atomic mass is 32.1. The number of amides is 1. The molecule has 1 amide bonds. The van der Waals surface area contributed by atoms with Crippen molar-refractivity contribution in [1.82, 2.24) is 10.2 Å². The van der Waals surface area contributed by atoms with Crippen LogP contribution in [0.25, 0.3) is 0 Å². The Labute approximate surface area is 209 Å². The van der Waals surface area contributed by atoms with Crippen LogP contribution < -0.4 is 5.32 Å². The van der Waals surface area contributed by atoms with Crippen molar-refractivity contribution < 1.29 is 22.8 Å². The summed E-state index contributed by atoms with van der Waals surface area (Å²) in [6, 6.07) is 11.2. The van der Waals surface area contributed by atoms with Gasteiger partial charge in [0.1, 0.15) is 12.3 Å². The second-order valence-corrected chi connectivity index (χ2v) is 10.0. The van der Waals surface area contributed by atoms with Crippen molar-refractivity contribution in [3.63, 3.8) is 0 Å². The van der Waals surface area contributed by atoms with Gasteiger partial charge in [0.25, 0.3) is 0 Å². The average Bonchev–Trinajstić information content (AvgIpc) is 3.14. The molecule has 2 atom stereocenters. The number of halogens is 3. The van der Waals surface area contributed by atoms with E-state index in [1.165, 1.54) is 12.1 Å². The summed E-state index contributed by atoms with van der Waals surface area (Å²) in [4.78, 5) is 27.1. The number of hydrogen-bond donors (Lipinski definition) is 2. The molecular formula is C27H31F3N2O2S. The highest BCUT2D eigenvalue weighted by Crippen LogP contribution is 2.47. The smallest absolute Gasteiger partial charge is 0.316 e. The Hall–Kier alpha value is -2.32. The van der Waals surface area contributed by atoms with Crippen LogP contribution in [0.4, 0.5) is 13.2 Å². The normalized spacial score (nSPS) is 25.7. The van der Waals surface area contributed by atoms with Crippen LogP contribution in [-0.4, -0.2) is 28.5 Å². The van der Waals surface area contributed by atoms with Gasteiger partial charge < -0.3 is 4.90 Å². The molecule has 1 saturated carbocycles. The molecule has 1 heterocycles. The molecule has 1 N–H and O–H groups in total. The zero-order chi connectivity index (χ0) is 25.2. The van der Waals surface area contributed by atoms with Crippen molar-refractivity contribution in [2.24, 2.45) is 5.92 Å². The maximum atomic E-state index is 14.0. The predicted octanol–water partition coefficient (Wildman–Crippen LogP) is 6.35. The number of hydrogen-bond acceptors (Lipinski definition) is 4. The summed E-state index contributed by atoms with van der Waals surface area (Å²) in [5, 5.41) is 3.57. The Kier molecular flexibility index (Phi) is 7.62. The van der Waals surface area contributed by atoms with E-state index in [1.54, 1.807) is 12.1 Å². The summed E-state index contributed by atoms with van der Waals surface area (Å²) < 4.78 is 39.3. The van der Waals surface area contributed by atoms with Gasteiger partial charge in [-0.1, -0.05) is 49.7 Å². The van der Waals surface area contributed by atoms with Gasteiger partial charge >= 0.3 is 6.18 Å². The summed E-state index contributed by atoms with van der Waals surface area (Å²) in [5.41, 5.74) is 0.704. The molecule has 4 rings (SSSR count). The summed E-state index contributed by atoms with van der Waals surface area (Å²) >= 11 is 4.46. The van der Waals surface area contributed by atoms with Crippen LogP contribution in [0.3, 0.4) is 0 Å². The molecule has 2 aromatic carbocycles. The van der Waals surface area contributed by atoms with E-state index in [0.29, 0.717) is 29.2 Å². The quantitative estimate of drug-likeness (QED) is 0.341. The van der Waals surface area contributed by atoms with Gasteiger partial charge in [-0.2, -0.15) is 25.8 Å². The fourth-order valence-corrected chi connectivity index (χ4v) is 5.85. The molecule has 0 aromatic heterocycles. The number of nitrogens with one attached hydrogen (secondary N) is 1. The van der Waals surface area contributed by atoms with Crippen LogP contribution in [0.15, 0.2) is 48.5 Å². The first-order chi connectivity index (χ1) is 16.7. The molecule has 0 radical (unpaired) electrons. The highest BCUT2D eigenvalue weighted by Gasteiger charge is 2.54. The lowest BCUT2D eigenvalue weighted by Gasteiger charge is -2.47. The van der Waals surface area contributed by atoms with Gasteiger partial charge in [0.2, 0.25) is 5.91 Å². The molecule has 4 nitrogen and oxygen atoms in total. The van der Waals surface area contributed by atoms with Crippen LogP contribution in [0.2, 0.25) is 0 Å². The third kappa shape index (κ3) is 5.14. The molecule has 1 saturated heterocycles. The van der Waals surface area contributed by atoms with Gasteiger partial charge in [0, 0.05) is 5.56 Å². The number of benzene rings is 2. The number of nitrogens with zero attached hydrogens (tertiary/aromatic N) is 1. The van der Waals surface area contributed by atoms with Gasteiger partial charge in [-0.3, -0.25) is 14.9 Å². The van der Waals surface area contributed by atoms with Crippen LogP contribution in [-0.2, 0) is 11.0 Å². The first-order valence-corrected chi connectivity index (χ1v) is 12.8. The molecule has 2 aliphatic rings. The summed E-state index contributed by atoms with van der Waals surface area (Å²) in [6.45, 7) is 2.18. The zero-order valence-electron chi connectivity index (χ0n) is 19.7. The number of carbonyl (C=O) groups is 2. The molecule has 1 aliphatic carbocycles. The molecule has 2 unspecified atom stereocenters. The van der Waals surface area contributed by atoms with Gasteiger partial charge in [-0.05, 0) is 67.0 Å². The first-order valence-electron chi connectivity index (χ1n) is 12.2. The molecule has 1 aliphatic heterocycles. The van der Waals surface area contributed by atoms with Gasteiger partial charge in [0.05, 0.1) is 17.3 Å². The maximum Gasteiger partial charge on any atom is 0.416 e. The van der Waals surface area contributed by atoms with Crippen LogP contribution >= 0.6 is 12.6 Å². The van der Waals surface area contributed by atoms with E-state index in [9.17, 15) is 22.8 Å². The highest BCUT2D eigenvalue weighted by molar-refractivity contribution is 7.80. The molecule has 188 valence electrons. The monoisotopic (exact) mass is 504 g/mol. The SMILES string of the molecule is CCC1CCC2(CC1)NC(c1ccc(C(F)(F)F)cc1)C(=O)N2C(CCS)c1ccc(C=O)cc1. The number of aldehydes is 1. The van der Waals surface area contributed by atoms with Crippen LogP contribution in [0, 0.1) is 5.92 Å². The summed E-state index contributed by atoms with van der Waals surface area (Å²) in [5.74, 6) is 1.02. The lowest BCUT2D eigenvalue weighted by atomic mass is 9.79. The Morgan fingerprint density at radius 2 is 1.74 bits per heavy atom. The van der Waals surface area contributed by atoms with Crippen molar-refractivity contribution in [2.75, 3.05) is 5.75 Å². The summed E-state index contributed by atoms with van der Waals surface area (Å²) in [6.07, 6.45) is 1.58. The number of rotatable bonds is 7. The van der Waals surface area contributed by atoms with E-state index in [2.05, 4.69) is 24.9 Å². The van der Waals surface area contributed by atoms with E-state index in [4.69, 9.17) is 0 Å². The van der Waals surface area contributed by atoms with Crippen LogP contribution in [0.5, 0.6) is 0 Å². The predicted molar refractivity (Wildman–Crippen MR) is 132 cm³/mol. The Bertz CT molecular complexity index is 1030. The molecular weight excluding hydrogens is 473 g/mol. The Balaban J connectivity index is 1.72. The fourth-order valence-electron chi connectivity index (χ4n) is 5.60. The minimum absolute atomic E-state index is 0.133. The zero-order valence-corrected chi connectivity index (χ0v) is 20.6. The van der Waals surface area contributed by atoms with E-state index in [0.717, 1.165) is 56.1 Å². The minimum atomic E-state index is -4.43. The lowest BCUT2D eigenvalue weighted by Crippen LogP contribution is -2.55. The third-order valence-corrected chi connectivity index (χ3v) is 7.87. The van der Waals surface area contributed by atoms with E-state index < -0.39 is 23.4 Å². The topological polar surface area (TPSA) is 49.4 Å². The minimum Gasteiger partial charge on any atom is -0.316 e. The largest absolute Gasteiger partial charge is 0.416 e. The molecule has 1 spiro atoms. The lowest BCUT2D eigenvalue weighted by molar-refractivity contribution is -0.137. The number of carbonyl (C=O) groups excluding carboxylic acids is 2. The molecule has 0 bridgehead atoms. The second kappa shape index (κ2) is 10.3. The standard InChI is InChI=1S/C27H31F3N2O2S/c1-2-18-11-14-26(15-12-18)31-24(21-7-9-22(10-8-21)27(28,29)30)25(34)32(26)23(13-16-35)20-5-3-19(17-33)4-6-20/h3-10,17-18,23-24,31,35H,2,11-16H2,1H3. The maximum absolute atomic E-state index is 14.0. The van der Waals surface area contributed by atoms with Crippen molar-refractivity contribution in [2.45, 2.75) is 69.4 Å². The van der Waals surface area contributed by atoms with Gasteiger partial charge in [-0.25, -0.2) is 0 Å².